The first-order valence-electron chi connectivity index (χ1n) is 10.3. The van der Waals surface area contributed by atoms with Crippen LogP contribution in [0.25, 0.3) is 17.2 Å². The summed E-state index contributed by atoms with van der Waals surface area (Å²) in [5, 5.41) is 4.55. The van der Waals surface area contributed by atoms with Crippen LogP contribution in [0.1, 0.15) is 58.4 Å². The average Bonchev–Trinajstić information content (AvgIpc) is 3.37. The minimum absolute atomic E-state index is 0.00546. The van der Waals surface area contributed by atoms with E-state index in [9.17, 15) is 4.79 Å². The summed E-state index contributed by atoms with van der Waals surface area (Å²) in [6.07, 6.45) is 5.55. The van der Waals surface area contributed by atoms with Crippen LogP contribution < -0.4 is 0 Å². The van der Waals surface area contributed by atoms with Gasteiger partial charge in [-0.1, -0.05) is 12.2 Å². The van der Waals surface area contributed by atoms with Gasteiger partial charge in [0.05, 0.1) is 23.1 Å². The molecule has 1 aliphatic carbocycles. The van der Waals surface area contributed by atoms with Gasteiger partial charge in [-0.2, -0.15) is 5.10 Å². The number of rotatable bonds is 7. The van der Waals surface area contributed by atoms with Gasteiger partial charge < -0.3 is 4.90 Å². The van der Waals surface area contributed by atoms with Crippen molar-refractivity contribution < 1.29 is 4.79 Å². The van der Waals surface area contributed by atoms with Gasteiger partial charge in [0, 0.05) is 40.5 Å². The lowest BCUT2D eigenvalue weighted by Crippen LogP contribution is -2.32. The van der Waals surface area contributed by atoms with E-state index in [4.69, 9.17) is 4.98 Å². The molecule has 3 aromatic heterocycles. The Kier molecular flexibility index (Phi) is 5.56. The Morgan fingerprint density at radius 3 is 2.73 bits per heavy atom. The molecule has 3 aromatic rings. The van der Waals surface area contributed by atoms with Gasteiger partial charge in [-0.25, -0.2) is 14.6 Å². The second kappa shape index (κ2) is 8.14. The van der Waals surface area contributed by atoms with Gasteiger partial charge in [-0.05, 0) is 52.7 Å². The molecule has 1 aliphatic rings. The molecule has 0 atom stereocenters. The molecule has 6 nitrogen and oxygen atoms in total. The summed E-state index contributed by atoms with van der Waals surface area (Å²) in [6, 6.07) is 4.08. The van der Waals surface area contributed by atoms with Gasteiger partial charge in [0.1, 0.15) is 0 Å². The third kappa shape index (κ3) is 3.94. The highest BCUT2D eigenvalue weighted by Gasteiger charge is 2.34. The molecule has 0 unspecified atom stereocenters. The first kappa shape index (κ1) is 20.5. The van der Waals surface area contributed by atoms with Crippen molar-refractivity contribution >= 4 is 17.2 Å². The molecule has 156 valence electrons. The molecule has 3 heterocycles. The van der Waals surface area contributed by atoms with Gasteiger partial charge in [0.2, 0.25) is 0 Å². The highest BCUT2D eigenvalue weighted by Crippen LogP contribution is 2.42. The number of hydrogen-bond acceptors (Lipinski definition) is 5. The van der Waals surface area contributed by atoms with Gasteiger partial charge >= 0.3 is 0 Å². The van der Waals surface area contributed by atoms with Crippen LogP contribution in [0.4, 0.5) is 0 Å². The van der Waals surface area contributed by atoms with Crippen LogP contribution in [-0.4, -0.2) is 43.6 Å². The molecule has 7 heteroatoms. The lowest BCUT2D eigenvalue weighted by Gasteiger charge is -2.21. The fourth-order valence-electron chi connectivity index (χ4n) is 3.74. The number of hydrogen-bond donors (Lipinski definition) is 0. The van der Waals surface area contributed by atoms with Crippen molar-refractivity contribution in [2.75, 3.05) is 13.1 Å². The zero-order chi connectivity index (χ0) is 21.4. The molecule has 0 saturated heterocycles. The lowest BCUT2D eigenvalue weighted by atomic mass is 10.1. The second-order valence-corrected chi connectivity index (χ2v) is 9.44. The van der Waals surface area contributed by atoms with E-state index >= 15 is 0 Å². The summed E-state index contributed by atoms with van der Waals surface area (Å²) in [4.78, 5) is 26.8. The number of aryl methyl sites for hydroxylation is 2. The number of aromatic nitrogens is 4. The molecule has 0 aliphatic heterocycles. The first-order chi connectivity index (χ1) is 14.4. The number of nitrogens with zero attached hydrogens (tertiary/aromatic N) is 5. The van der Waals surface area contributed by atoms with Crippen molar-refractivity contribution in [3.8, 4) is 17.2 Å². The molecule has 0 spiro atoms. The Morgan fingerprint density at radius 1 is 1.37 bits per heavy atom. The summed E-state index contributed by atoms with van der Waals surface area (Å²) in [6.45, 7) is 13.3. The molecule has 0 N–H and O–H groups in total. The van der Waals surface area contributed by atoms with Crippen LogP contribution >= 0.6 is 11.3 Å². The van der Waals surface area contributed by atoms with Crippen LogP contribution in [0.5, 0.6) is 0 Å². The molecule has 1 fully saturated rings. The Morgan fingerprint density at radius 2 is 2.13 bits per heavy atom. The quantitative estimate of drug-likeness (QED) is 0.508. The van der Waals surface area contributed by atoms with E-state index in [1.165, 1.54) is 9.75 Å². The molecular formula is C23H27N5OS. The maximum absolute atomic E-state index is 13.2. The van der Waals surface area contributed by atoms with Gasteiger partial charge in [0.25, 0.3) is 11.9 Å². The number of likely N-dealkylation sites (N-methyl/N-ethyl adjacent to an activating group) is 1. The monoisotopic (exact) mass is 421 g/mol. The van der Waals surface area contributed by atoms with E-state index in [0.29, 0.717) is 30.5 Å². The van der Waals surface area contributed by atoms with Crippen molar-refractivity contribution in [1.29, 1.82) is 0 Å². The average molecular weight is 422 g/mol. The number of carbonyl (C=O) groups is 1. The highest BCUT2D eigenvalue weighted by molar-refractivity contribution is 7.12. The zero-order valence-corrected chi connectivity index (χ0v) is 18.8. The van der Waals surface area contributed by atoms with Crippen LogP contribution in [0, 0.1) is 13.8 Å². The fourth-order valence-corrected chi connectivity index (χ4v) is 4.67. The summed E-state index contributed by atoms with van der Waals surface area (Å²) in [5.74, 6) is 0.834. The smallest absolute Gasteiger partial charge is 0.257 e. The maximum atomic E-state index is 13.2. The fraction of sp³-hybridized carbons (Fsp3) is 0.391. The molecule has 0 aromatic carbocycles. The first-order valence-corrected chi connectivity index (χ1v) is 11.1. The van der Waals surface area contributed by atoms with Crippen LogP contribution in [-0.2, 0) is 0 Å². The van der Waals surface area contributed by atoms with Crippen molar-refractivity contribution in [2.45, 2.75) is 46.5 Å². The van der Waals surface area contributed by atoms with Crippen molar-refractivity contribution in [3.63, 3.8) is 0 Å². The SMILES string of the molecule is C=C(C)CN(CC)C(=O)c1cnn(-c2nccc(-c3cc(C)sc3C)n2)c1C1CC1. The predicted molar refractivity (Wildman–Crippen MR) is 120 cm³/mol. The van der Waals surface area contributed by atoms with Crippen molar-refractivity contribution in [2.24, 2.45) is 0 Å². The van der Waals surface area contributed by atoms with Crippen LogP contribution in [0.2, 0.25) is 0 Å². The molecule has 4 rings (SSSR count). The second-order valence-electron chi connectivity index (χ2n) is 7.97. The molecule has 1 amide bonds. The van der Waals surface area contributed by atoms with E-state index in [0.717, 1.165) is 35.4 Å². The lowest BCUT2D eigenvalue weighted by molar-refractivity contribution is 0.0777. The maximum Gasteiger partial charge on any atom is 0.257 e. The summed E-state index contributed by atoms with van der Waals surface area (Å²) in [5.41, 5.74) is 4.54. The Balaban J connectivity index is 1.74. The molecule has 30 heavy (non-hydrogen) atoms. The highest BCUT2D eigenvalue weighted by atomic mass is 32.1. The Labute approximate surface area is 181 Å². The molecular weight excluding hydrogens is 394 g/mol. The predicted octanol–water partition coefficient (Wildman–Crippen LogP) is 4.92. The number of carbonyl (C=O) groups excluding carboxylic acids is 1. The minimum Gasteiger partial charge on any atom is -0.335 e. The van der Waals surface area contributed by atoms with E-state index in [1.807, 2.05) is 24.8 Å². The number of thiophene rings is 1. The van der Waals surface area contributed by atoms with Crippen molar-refractivity contribution in [3.05, 3.63) is 57.7 Å². The van der Waals surface area contributed by atoms with E-state index in [2.05, 4.69) is 36.6 Å². The van der Waals surface area contributed by atoms with Crippen LogP contribution in [0.15, 0.2) is 36.7 Å². The number of amides is 1. The standard InChI is InChI=1S/C23H27N5OS/c1-6-27(13-14(2)3)22(29)19-12-25-28(21(19)17-7-8-17)23-24-10-9-20(26-23)18-11-15(4)30-16(18)5/h9-12,17H,2,6-8,13H2,1,3-5H3. The van der Waals surface area contributed by atoms with E-state index < -0.39 is 0 Å². The minimum atomic E-state index is -0.00546. The van der Waals surface area contributed by atoms with Gasteiger partial charge in [0.15, 0.2) is 0 Å². The third-order valence-corrected chi connectivity index (χ3v) is 6.25. The van der Waals surface area contributed by atoms with E-state index in [1.54, 1.807) is 28.4 Å². The van der Waals surface area contributed by atoms with Gasteiger partial charge in [-0.15, -0.1) is 11.3 Å². The molecule has 1 saturated carbocycles. The van der Waals surface area contributed by atoms with E-state index in [-0.39, 0.29) is 5.91 Å². The molecule has 0 radical (unpaired) electrons. The van der Waals surface area contributed by atoms with Gasteiger partial charge in [-0.3, -0.25) is 4.79 Å². The largest absolute Gasteiger partial charge is 0.335 e. The summed E-state index contributed by atoms with van der Waals surface area (Å²) in [7, 11) is 0. The van der Waals surface area contributed by atoms with Crippen LogP contribution in [0.3, 0.4) is 0 Å². The summed E-state index contributed by atoms with van der Waals surface area (Å²) < 4.78 is 1.76. The third-order valence-electron chi connectivity index (χ3n) is 5.28. The summed E-state index contributed by atoms with van der Waals surface area (Å²) >= 11 is 1.76. The normalized spacial score (nSPS) is 13.5. The molecule has 0 bridgehead atoms. The zero-order valence-electron chi connectivity index (χ0n) is 18.0. The Bertz CT molecular complexity index is 1110. The topological polar surface area (TPSA) is 63.9 Å². The van der Waals surface area contributed by atoms with Crippen molar-refractivity contribution in [1.82, 2.24) is 24.6 Å². The Hall–Kier alpha value is -2.80.